The number of aromatic nitrogens is 2. The Balaban J connectivity index is 2.24. The Morgan fingerprint density at radius 1 is 1.30 bits per heavy atom. The lowest BCUT2D eigenvalue weighted by molar-refractivity contribution is 0.0514. The smallest absolute Gasteiger partial charge is 0.435 e. The summed E-state index contributed by atoms with van der Waals surface area (Å²) in [7, 11) is 0. The van der Waals surface area contributed by atoms with Crippen LogP contribution in [0.5, 0.6) is 0 Å². The lowest BCUT2D eigenvalue weighted by atomic mass is 10.1. The maximum Gasteiger partial charge on any atom is 0.435 e. The van der Waals surface area contributed by atoms with E-state index >= 15 is 0 Å². The van der Waals surface area contributed by atoms with Crippen molar-refractivity contribution < 1.29 is 9.53 Å². The van der Waals surface area contributed by atoms with E-state index in [4.69, 9.17) is 10.5 Å². The van der Waals surface area contributed by atoms with Gasteiger partial charge < -0.3 is 10.5 Å². The number of carbonyl (C=O) groups excluding carboxylic acids is 1. The third-order valence-corrected chi connectivity index (χ3v) is 2.78. The maximum atomic E-state index is 11.9. The van der Waals surface area contributed by atoms with E-state index < -0.39 is 11.7 Å². The van der Waals surface area contributed by atoms with Gasteiger partial charge in [-0.25, -0.2) is 4.79 Å². The summed E-state index contributed by atoms with van der Waals surface area (Å²) < 4.78 is 6.44. The van der Waals surface area contributed by atoms with Crippen molar-refractivity contribution in [1.29, 1.82) is 0 Å². The van der Waals surface area contributed by atoms with Gasteiger partial charge in [-0.2, -0.15) is 9.78 Å². The van der Waals surface area contributed by atoms with Gasteiger partial charge in [-0.1, -0.05) is 12.1 Å². The van der Waals surface area contributed by atoms with E-state index in [-0.39, 0.29) is 0 Å². The van der Waals surface area contributed by atoms with Crippen molar-refractivity contribution in [2.75, 3.05) is 5.73 Å². The molecule has 2 rings (SSSR count). The van der Waals surface area contributed by atoms with Crippen LogP contribution in [0.4, 0.5) is 10.5 Å². The van der Waals surface area contributed by atoms with E-state index in [2.05, 4.69) is 5.10 Å². The number of hydrogen-bond acceptors (Lipinski definition) is 4. The van der Waals surface area contributed by atoms with E-state index in [0.717, 1.165) is 16.7 Å². The van der Waals surface area contributed by atoms with E-state index in [1.807, 2.05) is 45.9 Å². The van der Waals surface area contributed by atoms with Crippen molar-refractivity contribution in [3.63, 3.8) is 0 Å². The fraction of sp³-hybridized carbons (Fsp3) is 0.333. The van der Waals surface area contributed by atoms with Gasteiger partial charge in [-0.3, -0.25) is 0 Å². The van der Waals surface area contributed by atoms with Gasteiger partial charge in [0.1, 0.15) is 5.60 Å². The summed E-state index contributed by atoms with van der Waals surface area (Å²) in [5.41, 5.74) is 8.82. The quantitative estimate of drug-likeness (QED) is 0.810. The van der Waals surface area contributed by atoms with Crippen LogP contribution in [0, 0.1) is 6.92 Å². The average Bonchev–Trinajstić information content (AvgIpc) is 2.80. The molecule has 1 aromatic carbocycles. The van der Waals surface area contributed by atoms with Crippen LogP contribution < -0.4 is 5.73 Å². The first kappa shape index (κ1) is 14.1. The molecule has 2 N–H and O–H groups in total. The minimum atomic E-state index is -0.544. The van der Waals surface area contributed by atoms with Crippen molar-refractivity contribution >= 4 is 11.8 Å². The van der Waals surface area contributed by atoms with Crippen LogP contribution in [0.15, 0.2) is 30.6 Å². The van der Waals surface area contributed by atoms with Gasteiger partial charge in [0.2, 0.25) is 0 Å². The standard InChI is InChI=1S/C15H19N3O2/c1-10-5-6-11(7-13(10)16)12-8-17-18(9-12)14(19)20-15(2,3)4/h5-9H,16H2,1-4H3. The Morgan fingerprint density at radius 3 is 2.60 bits per heavy atom. The van der Waals surface area contributed by atoms with Gasteiger partial charge in [0.25, 0.3) is 0 Å². The zero-order valence-electron chi connectivity index (χ0n) is 12.2. The number of carbonyl (C=O) groups is 1. The summed E-state index contributed by atoms with van der Waals surface area (Å²) in [4.78, 5) is 11.9. The van der Waals surface area contributed by atoms with E-state index in [0.29, 0.717) is 5.69 Å². The molecule has 5 nitrogen and oxygen atoms in total. The first-order chi connectivity index (χ1) is 9.26. The van der Waals surface area contributed by atoms with Crippen LogP contribution in [0.3, 0.4) is 0 Å². The topological polar surface area (TPSA) is 70.1 Å². The minimum Gasteiger partial charge on any atom is -0.442 e. The van der Waals surface area contributed by atoms with Crippen molar-refractivity contribution in [3.8, 4) is 11.1 Å². The Labute approximate surface area is 118 Å². The van der Waals surface area contributed by atoms with Gasteiger partial charge in [0, 0.05) is 17.4 Å². The van der Waals surface area contributed by atoms with E-state index in [9.17, 15) is 4.79 Å². The predicted molar refractivity (Wildman–Crippen MR) is 78.4 cm³/mol. The molecule has 0 aliphatic heterocycles. The third kappa shape index (κ3) is 3.17. The van der Waals surface area contributed by atoms with Crippen LogP contribution in [0.2, 0.25) is 0 Å². The highest BCUT2D eigenvalue weighted by molar-refractivity contribution is 5.74. The molecule has 0 amide bonds. The molecule has 5 heteroatoms. The number of aryl methyl sites for hydroxylation is 1. The second kappa shape index (κ2) is 5.00. The number of anilines is 1. The predicted octanol–water partition coefficient (Wildman–Crippen LogP) is 3.22. The Kier molecular flexibility index (Phi) is 3.53. The van der Waals surface area contributed by atoms with Crippen molar-refractivity contribution in [2.24, 2.45) is 0 Å². The summed E-state index contributed by atoms with van der Waals surface area (Å²) in [6, 6.07) is 5.75. The molecule has 0 unspecified atom stereocenters. The lowest BCUT2D eigenvalue weighted by Crippen LogP contribution is -2.27. The monoisotopic (exact) mass is 273 g/mol. The van der Waals surface area contributed by atoms with Gasteiger partial charge >= 0.3 is 6.09 Å². The molecule has 0 radical (unpaired) electrons. The molecular weight excluding hydrogens is 254 g/mol. The second-order valence-corrected chi connectivity index (χ2v) is 5.73. The summed E-state index contributed by atoms with van der Waals surface area (Å²) in [5, 5.41) is 4.03. The summed E-state index contributed by atoms with van der Waals surface area (Å²) >= 11 is 0. The van der Waals surface area contributed by atoms with E-state index in [1.165, 1.54) is 4.68 Å². The minimum absolute atomic E-state index is 0.496. The summed E-state index contributed by atoms with van der Waals surface area (Å²) in [5.74, 6) is 0. The molecule has 0 spiro atoms. The van der Waals surface area contributed by atoms with Crippen LogP contribution >= 0.6 is 0 Å². The Bertz CT molecular complexity index is 639. The fourth-order valence-corrected chi connectivity index (χ4v) is 1.70. The Morgan fingerprint density at radius 2 is 2.00 bits per heavy atom. The van der Waals surface area contributed by atoms with Gasteiger partial charge in [0.15, 0.2) is 0 Å². The zero-order chi connectivity index (χ0) is 14.9. The molecule has 2 aromatic rings. The molecule has 0 saturated heterocycles. The highest BCUT2D eigenvalue weighted by Gasteiger charge is 2.18. The molecule has 0 saturated carbocycles. The number of rotatable bonds is 1. The van der Waals surface area contributed by atoms with E-state index in [1.54, 1.807) is 12.4 Å². The first-order valence-electron chi connectivity index (χ1n) is 6.41. The largest absolute Gasteiger partial charge is 0.442 e. The fourth-order valence-electron chi connectivity index (χ4n) is 1.70. The maximum absolute atomic E-state index is 11.9. The normalized spacial score (nSPS) is 11.4. The molecule has 0 aliphatic carbocycles. The number of benzene rings is 1. The highest BCUT2D eigenvalue weighted by atomic mass is 16.6. The van der Waals surface area contributed by atoms with Crippen LogP contribution in [-0.2, 0) is 4.74 Å². The van der Waals surface area contributed by atoms with Crippen LogP contribution in [-0.4, -0.2) is 21.5 Å². The molecule has 1 heterocycles. The second-order valence-electron chi connectivity index (χ2n) is 5.73. The molecule has 0 bridgehead atoms. The number of ether oxygens (including phenoxy) is 1. The average molecular weight is 273 g/mol. The number of nitrogens with zero attached hydrogens (tertiary/aromatic N) is 2. The van der Waals surface area contributed by atoms with Gasteiger partial charge in [-0.15, -0.1) is 0 Å². The lowest BCUT2D eigenvalue weighted by Gasteiger charge is -2.18. The molecule has 0 atom stereocenters. The molecule has 1 aromatic heterocycles. The van der Waals surface area contributed by atoms with Gasteiger partial charge in [0.05, 0.1) is 6.20 Å². The van der Waals surface area contributed by atoms with Crippen LogP contribution in [0.1, 0.15) is 26.3 Å². The number of nitrogens with two attached hydrogens (primary N) is 1. The summed E-state index contributed by atoms with van der Waals surface area (Å²) in [6.07, 6.45) is 2.76. The molecule has 20 heavy (non-hydrogen) atoms. The van der Waals surface area contributed by atoms with Crippen molar-refractivity contribution in [2.45, 2.75) is 33.3 Å². The van der Waals surface area contributed by atoms with Gasteiger partial charge in [-0.05, 0) is 44.9 Å². The molecule has 0 fully saturated rings. The molecule has 106 valence electrons. The highest BCUT2D eigenvalue weighted by Crippen LogP contribution is 2.23. The Hall–Kier alpha value is -2.30. The van der Waals surface area contributed by atoms with Crippen molar-refractivity contribution in [3.05, 3.63) is 36.2 Å². The number of hydrogen-bond donors (Lipinski definition) is 1. The first-order valence-corrected chi connectivity index (χ1v) is 6.41. The molecule has 0 aliphatic rings. The summed E-state index contributed by atoms with van der Waals surface area (Å²) in [6.45, 7) is 7.39. The molecular formula is C15H19N3O2. The van der Waals surface area contributed by atoms with Crippen molar-refractivity contribution in [1.82, 2.24) is 9.78 Å². The number of nitrogen functional groups attached to an aromatic ring is 1. The SMILES string of the molecule is Cc1ccc(-c2cnn(C(=O)OC(C)(C)C)c2)cc1N. The third-order valence-electron chi connectivity index (χ3n) is 2.78. The van der Waals surface area contributed by atoms with Crippen LogP contribution in [0.25, 0.3) is 11.1 Å². The zero-order valence-corrected chi connectivity index (χ0v) is 12.2.